The molecule has 48 heavy (non-hydrogen) atoms. The molecule has 1 aliphatic heterocycles. The topological polar surface area (TPSA) is 203 Å². The van der Waals surface area contributed by atoms with E-state index in [-0.39, 0.29) is 24.7 Å². The Labute approximate surface area is 276 Å². The van der Waals surface area contributed by atoms with Gasteiger partial charge in [0.05, 0.1) is 6.61 Å². The molecule has 1 saturated heterocycles. The second-order valence-electron chi connectivity index (χ2n) is 10.3. The van der Waals surface area contributed by atoms with Gasteiger partial charge in [0.1, 0.15) is 19.3 Å². The first-order chi connectivity index (χ1) is 22.5. The van der Waals surface area contributed by atoms with Gasteiger partial charge in [0.15, 0.2) is 36.1 Å². The van der Waals surface area contributed by atoms with Crippen molar-refractivity contribution in [1.29, 1.82) is 0 Å². The molecule has 1 aliphatic rings. The first-order valence-electron chi connectivity index (χ1n) is 14.5. The van der Waals surface area contributed by atoms with E-state index in [9.17, 15) is 33.6 Å². The highest BCUT2D eigenvalue weighted by molar-refractivity contribution is 5.87. The molecule has 0 amide bonds. The molecule has 0 spiro atoms. The van der Waals surface area contributed by atoms with Crippen molar-refractivity contribution in [3.05, 3.63) is 41.5 Å². The summed E-state index contributed by atoms with van der Waals surface area (Å²) >= 11 is 0. The molecular weight excluding hydrogens is 640 g/mol. The second-order valence-corrected chi connectivity index (χ2v) is 10.3. The van der Waals surface area contributed by atoms with Crippen molar-refractivity contribution >= 4 is 47.9 Å². The lowest BCUT2D eigenvalue weighted by Crippen LogP contribution is -2.63. The highest BCUT2D eigenvalue weighted by Crippen LogP contribution is 2.31. The smallest absolute Gasteiger partial charge is 0.331 e. The molecule has 0 radical (unpaired) electrons. The Hall–Kier alpha value is -5.09. The molecule has 1 fully saturated rings. The number of benzene rings is 1. The van der Waals surface area contributed by atoms with Gasteiger partial charge in [-0.2, -0.15) is 0 Å². The zero-order valence-corrected chi connectivity index (χ0v) is 27.5. The minimum Gasteiger partial charge on any atom is -0.463 e. The van der Waals surface area contributed by atoms with Crippen molar-refractivity contribution in [1.82, 2.24) is 0 Å². The van der Waals surface area contributed by atoms with Gasteiger partial charge < -0.3 is 42.6 Å². The molecule has 1 aromatic carbocycles. The van der Waals surface area contributed by atoms with Crippen molar-refractivity contribution in [2.75, 3.05) is 19.8 Å². The van der Waals surface area contributed by atoms with Crippen LogP contribution in [0.3, 0.4) is 0 Å². The molecule has 0 aromatic heterocycles. The number of rotatable bonds is 14. The van der Waals surface area contributed by atoms with Crippen LogP contribution in [0.4, 0.5) is 0 Å². The van der Waals surface area contributed by atoms with Crippen LogP contribution in [-0.2, 0) is 66.7 Å². The third kappa shape index (κ3) is 13.7. The first-order valence-corrected chi connectivity index (χ1v) is 14.5. The number of hydrogen-bond donors (Lipinski definition) is 0. The van der Waals surface area contributed by atoms with Crippen molar-refractivity contribution in [3.8, 4) is 11.5 Å². The quantitative estimate of drug-likeness (QED) is 0.0909. The summed E-state index contributed by atoms with van der Waals surface area (Å²) in [6, 6.07) is 4.34. The zero-order chi connectivity index (χ0) is 36.0. The molecule has 0 bridgehead atoms. The van der Waals surface area contributed by atoms with Crippen LogP contribution >= 0.6 is 0 Å². The maximum Gasteiger partial charge on any atom is 0.331 e. The lowest BCUT2D eigenvalue weighted by atomic mass is 9.98. The van der Waals surface area contributed by atoms with Gasteiger partial charge in [0.25, 0.3) is 0 Å². The fourth-order valence-electron chi connectivity index (χ4n) is 4.18. The van der Waals surface area contributed by atoms with Crippen LogP contribution in [0.25, 0.3) is 6.08 Å². The summed E-state index contributed by atoms with van der Waals surface area (Å²) in [6.07, 6.45) is -2.56. The lowest BCUT2D eigenvalue weighted by Gasteiger charge is -2.44. The SMILES string of the molecule is CC(=O)OCC1OC(OCC(C)=CCOC(=O)C=Cc2ccc(OC(C)=O)c(OC(C)=O)c2)C(OC(C)=O)C(OC(C)=O)C1OC(C)=O. The second kappa shape index (κ2) is 18.9. The average Bonchev–Trinajstić information content (AvgIpc) is 2.96. The van der Waals surface area contributed by atoms with Crippen molar-refractivity contribution < 1.29 is 76.2 Å². The van der Waals surface area contributed by atoms with Crippen molar-refractivity contribution in [3.63, 3.8) is 0 Å². The number of esters is 7. The van der Waals surface area contributed by atoms with Crippen LogP contribution in [-0.4, -0.2) is 92.3 Å². The van der Waals surface area contributed by atoms with Gasteiger partial charge in [0.2, 0.25) is 0 Å². The number of carbonyl (C=O) groups excluding carboxylic acids is 7. The Morgan fingerprint density at radius 2 is 1.27 bits per heavy atom. The third-order valence-corrected chi connectivity index (χ3v) is 5.97. The van der Waals surface area contributed by atoms with Gasteiger partial charge in [-0.1, -0.05) is 6.07 Å². The summed E-state index contributed by atoms with van der Waals surface area (Å²) < 4.78 is 48.1. The zero-order valence-electron chi connectivity index (χ0n) is 27.5. The predicted molar refractivity (Wildman–Crippen MR) is 161 cm³/mol. The maximum absolute atomic E-state index is 12.3. The lowest BCUT2D eigenvalue weighted by molar-refractivity contribution is -0.306. The average molecular weight is 679 g/mol. The summed E-state index contributed by atoms with van der Waals surface area (Å²) in [4.78, 5) is 82.3. The van der Waals surface area contributed by atoms with E-state index in [1.54, 1.807) is 6.92 Å². The van der Waals surface area contributed by atoms with Crippen molar-refractivity contribution in [2.24, 2.45) is 0 Å². The number of carbonyl (C=O) groups is 7. The standard InChI is InChI=1S/C32H38O16/c1-17(12-13-40-28(39)11-9-24-8-10-25(43-19(3)34)26(14-24)44-20(4)35)15-42-32-31(47-23(7)38)30(46-22(6)37)29(45-21(5)36)27(48-32)16-41-18(2)33/h8-12,14,27,29-32H,13,15-16H2,1-7H3. The highest BCUT2D eigenvalue weighted by atomic mass is 16.7. The van der Waals surface area contributed by atoms with Gasteiger partial charge in [-0.3, -0.25) is 28.8 Å². The molecule has 2 rings (SSSR count). The molecule has 16 heteroatoms. The largest absolute Gasteiger partial charge is 0.463 e. The molecule has 5 atom stereocenters. The van der Waals surface area contributed by atoms with Gasteiger partial charge >= 0.3 is 41.8 Å². The van der Waals surface area contributed by atoms with Gasteiger partial charge in [0, 0.05) is 47.6 Å². The van der Waals surface area contributed by atoms with E-state index in [1.165, 1.54) is 44.2 Å². The Balaban J connectivity index is 2.11. The van der Waals surface area contributed by atoms with Crippen LogP contribution in [0.5, 0.6) is 11.5 Å². The Bertz CT molecular complexity index is 1430. The molecule has 16 nitrogen and oxygen atoms in total. The van der Waals surface area contributed by atoms with Gasteiger partial charge in [-0.05, 0) is 42.3 Å². The molecular formula is C32H38O16. The monoisotopic (exact) mass is 678 g/mol. The fraction of sp³-hybridized carbons (Fsp3) is 0.469. The minimum atomic E-state index is -1.38. The van der Waals surface area contributed by atoms with Crippen LogP contribution in [0, 0.1) is 0 Å². The predicted octanol–water partition coefficient (Wildman–Crippen LogP) is 2.14. The molecule has 5 unspecified atom stereocenters. The minimum absolute atomic E-state index is 0.0107. The van der Waals surface area contributed by atoms with Gasteiger partial charge in [-0.25, -0.2) is 4.79 Å². The van der Waals surface area contributed by atoms with Crippen LogP contribution in [0.15, 0.2) is 35.9 Å². The molecule has 0 N–H and O–H groups in total. The summed E-state index contributed by atoms with van der Waals surface area (Å²) in [6.45, 7) is 7.79. The Kier molecular flexibility index (Phi) is 15.4. The Morgan fingerprint density at radius 1 is 0.688 bits per heavy atom. The van der Waals surface area contributed by atoms with Crippen LogP contribution < -0.4 is 9.47 Å². The first kappa shape index (κ1) is 39.1. The number of hydrogen-bond acceptors (Lipinski definition) is 16. The molecule has 1 aromatic rings. The van der Waals surface area contributed by atoms with E-state index in [0.29, 0.717) is 11.1 Å². The van der Waals surface area contributed by atoms with Crippen LogP contribution in [0.2, 0.25) is 0 Å². The van der Waals surface area contributed by atoms with Gasteiger partial charge in [-0.15, -0.1) is 0 Å². The third-order valence-electron chi connectivity index (χ3n) is 5.97. The Morgan fingerprint density at radius 3 is 1.85 bits per heavy atom. The van der Waals surface area contributed by atoms with Crippen LogP contribution in [0.1, 0.15) is 54.0 Å². The molecule has 0 saturated carbocycles. The van der Waals surface area contributed by atoms with E-state index < -0.39 is 79.1 Å². The normalized spacial score (nSPS) is 20.6. The van der Waals surface area contributed by atoms with E-state index in [2.05, 4.69) is 0 Å². The fourth-order valence-corrected chi connectivity index (χ4v) is 4.18. The maximum atomic E-state index is 12.3. The summed E-state index contributed by atoms with van der Waals surface area (Å²) in [5.41, 5.74) is 0.996. The van der Waals surface area contributed by atoms with E-state index in [1.807, 2.05) is 0 Å². The van der Waals surface area contributed by atoms with E-state index >= 15 is 0 Å². The van der Waals surface area contributed by atoms with E-state index in [4.69, 9.17) is 42.6 Å². The number of ether oxygens (including phenoxy) is 9. The molecule has 1 heterocycles. The van der Waals surface area contributed by atoms with Crippen molar-refractivity contribution in [2.45, 2.75) is 79.2 Å². The van der Waals surface area contributed by atoms with E-state index in [0.717, 1.165) is 33.8 Å². The highest BCUT2D eigenvalue weighted by Gasteiger charge is 2.52. The summed E-state index contributed by atoms with van der Waals surface area (Å²) in [7, 11) is 0. The molecule has 262 valence electrons. The summed E-state index contributed by atoms with van der Waals surface area (Å²) in [5.74, 6) is -4.91. The summed E-state index contributed by atoms with van der Waals surface area (Å²) in [5, 5.41) is 0. The molecule has 0 aliphatic carbocycles.